The summed E-state index contributed by atoms with van der Waals surface area (Å²) in [6.07, 6.45) is 1.86. The molecule has 0 unspecified atom stereocenters. The van der Waals surface area contributed by atoms with Crippen LogP contribution in [-0.4, -0.2) is 46.1 Å². The summed E-state index contributed by atoms with van der Waals surface area (Å²) in [5, 5.41) is 19.8. The van der Waals surface area contributed by atoms with E-state index in [2.05, 4.69) is 20.2 Å². The van der Waals surface area contributed by atoms with Gasteiger partial charge >= 0.3 is 0 Å². The summed E-state index contributed by atoms with van der Waals surface area (Å²) in [4.78, 5) is 19.8. The van der Waals surface area contributed by atoms with Crippen molar-refractivity contribution < 1.29 is 23.7 Å². The number of hydrogen-bond acceptors (Lipinski definition) is 9. The Kier molecular flexibility index (Phi) is 7.33. The van der Waals surface area contributed by atoms with Gasteiger partial charge in [0.1, 0.15) is 28.0 Å². The number of aromatic nitrogens is 4. The molecule has 10 nitrogen and oxygen atoms in total. The van der Waals surface area contributed by atoms with Gasteiger partial charge in [-0.2, -0.15) is 0 Å². The van der Waals surface area contributed by atoms with Crippen LogP contribution in [0.4, 0.5) is 0 Å². The fourth-order valence-electron chi connectivity index (χ4n) is 3.63. The lowest BCUT2D eigenvalue weighted by atomic mass is 9.98. The van der Waals surface area contributed by atoms with E-state index in [1.807, 2.05) is 6.92 Å². The Hall–Kier alpha value is -3.89. The van der Waals surface area contributed by atoms with Gasteiger partial charge in [-0.05, 0) is 30.7 Å². The third-order valence-electron chi connectivity index (χ3n) is 5.22. The fraction of sp³-hybridized carbons (Fsp3) is 0.250. The lowest BCUT2D eigenvalue weighted by molar-refractivity contribution is 0.131. The summed E-state index contributed by atoms with van der Waals surface area (Å²) in [7, 11) is 3.00. The molecular weight excluding hydrogens is 476 g/mol. The van der Waals surface area contributed by atoms with Gasteiger partial charge in [0.25, 0.3) is 11.4 Å². The van der Waals surface area contributed by atoms with E-state index in [9.17, 15) is 9.90 Å². The van der Waals surface area contributed by atoms with Crippen LogP contribution in [0.2, 0.25) is 5.15 Å². The first-order valence-electron chi connectivity index (χ1n) is 10.7. The number of aromatic amines is 1. The fourth-order valence-corrected chi connectivity index (χ4v) is 3.74. The van der Waals surface area contributed by atoms with Crippen LogP contribution >= 0.6 is 11.6 Å². The predicted molar refractivity (Wildman–Crippen MR) is 128 cm³/mol. The molecule has 0 aliphatic rings. The highest BCUT2D eigenvalue weighted by atomic mass is 35.5. The summed E-state index contributed by atoms with van der Waals surface area (Å²) in [6, 6.07) is 8.62. The van der Waals surface area contributed by atoms with Crippen molar-refractivity contribution >= 4 is 11.6 Å². The predicted octanol–water partition coefficient (Wildman–Crippen LogP) is 3.99. The molecule has 11 heteroatoms. The number of methoxy groups -OCH3 is 2. The minimum atomic E-state index is -0.613. The van der Waals surface area contributed by atoms with E-state index in [4.69, 9.17) is 30.2 Å². The topological polar surface area (TPSA) is 133 Å². The van der Waals surface area contributed by atoms with Crippen molar-refractivity contribution in [2.24, 2.45) is 0 Å². The number of ether oxygens (including phenoxy) is 3. The van der Waals surface area contributed by atoms with Crippen molar-refractivity contribution in [1.82, 2.24) is 20.2 Å². The Morgan fingerprint density at radius 1 is 1.06 bits per heavy atom. The zero-order valence-electron chi connectivity index (χ0n) is 19.3. The molecule has 0 aliphatic carbocycles. The van der Waals surface area contributed by atoms with Crippen LogP contribution < -0.4 is 15.0 Å². The SMILES string of the molecule is CCOCc1[nH]c(=O)c(-c2nnc(Cc3ccc(Cl)nc3)o2)c(O)c1-c1c(OC)cccc1OC. The standard InChI is InChI=1S/C24H23ClN4O6/c1-4-34-12-14-19(20-15(32-2)6-5-7-16(20)33-3)22(30)21(23(31)27-14)24-29-28-18(35-24)10-13-8-9-17(25)26-11-13/h5-9,11H,4,10,12H2,1-3H3,(H2,27,30,31). The molecule has 0 aliphatic heterocycles. The Morgan fingerprint density at radius 2 is 1.80 bits per heavy atom. The third kappa shape index (κ3) is 4.98. The Bertz CT molecular complexity index is 1360. The second-order valence-electron chi connectivity index (χ2n) is 7.37. The van der Waals surface area contributed by atoms with Gasteiger partial charge in [0.2, 0.25) is 5.89 Å². The molecule has 35 heavy (non-hydrogen) atoms. The average molecular weight is 499 g/mol. The van der Waals surface area contributed by atoms with E-state index in [-0.39, 0.29) is 41.7 Å². The molecule has 0 radical (unpaired) electrons. The van der Waals surface area contributed by atoms with Gasteiger partial charge in [-0.15, -0.1) is 10.2 Å². The van der Waals surface area contributed by atoms with Gasteiger partial charge < -0.3 is 28.7 Å². The first kappa shape index (κ1) is 24.2. The van der Waals surface area contributed by atoms with Crippen molar-refractivity contribution in [3.63, 3.8) is 0 Å². The maximum absolute atomic E-state index is 13.0. The summed E-state index contributed by atoms with van der Waals surface area (Å²) in [5.41, 5.74) is 1.04. The van der Waals surface area contributed by atoms with E-state index in [0.717, 1.165) is 5.56 Å². The lowest BCUT2D eigenvalue weighted by Crippen LogP contribution is -2.15. The monoisotopic (exact) mass is 498 g/mol. The number of aromatic hydroxyl groups is 1. The van der Waals surface area contributed by atoms with Crippen molar-refractivity contribution in [3.05, 3.63) is 69.2 Å². The number of halogens is 1. The minimum Gasteiger partial charge on any atom is -0.506 e. The van der Waals surface area contributed by atoms with E-state index in [1.165, 1.54) is 14.2 Å². The van der Waals surface area contributed by atoms with E-state index < -0.39 is 5.56 Å². The Balaban J connectivity index is 1.86. The number of hydrogen-bond donors (Lipinski definition) is 2. The average Bonchev–Trinajstić information content (AvgIpc) is 3.31. The molecule has 0 atom stereocenters. The van der Waals surface area contributed by atoms with E-state index >= 15 is 0 Å². The van der Waals surface area contributed by atoms with Crippen LogP contribution in [0, 0.1) is 0 Å². The molecule has 0 amide bonds. The smallest absolute Gasteiger partial charge is 0.264 e. The number of pyridine rings is 2. The lowest BCUT2D eigenvalue weighted by Gasteiger charge is -2.18. The maximum Gasteiger partial charge on any atom is 0.264 e. The van der Waals surface area contributed by atoms with Crippen LogP contribution in [0.25, 0.3) is 22.6 Å². The second kappa shape index (κ2) is 10.6. The first-order valence-corrected chi connectivity index (χ1v) is 11.0. The molecule has 1 aromatic carbocycles. The molecule has 2 N–H and O–H groups in total. The van der Waals surface area contributed by atoms with Gasteiger partial charge in [0, 0.05) is 12.8 Å². The largest absolute Gasteiger partial charge is 0.506 e. The first-order chi connectivity index (χ1) is 17.0. The third-order valence-corrected chi connectivity index (χ3v) is 5.44. The number of H-pyrrole nitrogens is 1. The molecule has 4 rings (SSSR count). The molecule has 182 valence electrons. The minimum absolute atomic E-state index is 0.0365. The Labute approximate surface area is 205 Å². The summed E-state index contributed by atoms with van der Waals surface area (Å²) in [5.74, 6) is 0.583. The van der Waals surface area contributed by atoms with Gasteiger partial charge in [-0.1, -0.05) is 23.7 Å². The molecule has 3 heterocycles. The second-order valence-corrected chi connectivity index (χ2v) is 7.76. The molecule has 0 saturated heterocycles. The number of benzene rings is 1. The van der Waals surface area contributed by atoms with Gasteiger partial charge in [0.15, 0.2) is 0 Å². The zero-order chi connectivity index (χ0) is 24.9. The van der Waals surface area contributed by atoms with Gasteiger partial charge in [-0.3, -0.25) is 4.79 Å². The van der Waals surface area contributed by atoms with Crippen LogP contribution in [0.1, 0.15) is 24.1 Å². The summed E-state index contributed by atoms with van der Waals surface area (Å²) >= 11 is 5.83. The van der Waals surface area contributed by atoms with Crippen LogP contribution in [0.5, 0.6) is 17.2 Å². The van der Waals surface area contributed by atoms with Crippen molar-refractivity contribution in [3.8, 4) is 39.8 Å². The van der Waals surface area contributed by atoms with Crippen LogP contribution in [-0.2, 0) is 17.8 Å². The molecule has 0 saturated carbocycles. The van der Waals surface area contributed by atoms with Crippen molar-refractivity contribution in [1.29, 1.82) is 0 Å². The van der Waals surface area contributed by atoms with Gasteiger partial charge in [0.05, 0.1) is 44.1 Å². The highest BCUT2D eigenvalue weighted by Gasteiger charge is 2.27. The van der Waals surface area contributed by atoms with Gasteiger partial charge in [-0.25, -0.2) is 4.98 Å². The highest BCUT2D eigenvalue weighted by Crippen LogP contribution is 2.46. The van der Waals surface area contributed by atoms with E-state index in [0.29, 0.717) is 34.5 Å². The molecule has 3 aromatic heterocycles. The number of nitrogens with zero attached hydrogens (tertiary/aromatic N) is 3. The molecular formula is C24H23ClN4O6. The Morgan fingerprint density at radius 3 is 2.43 bits per heavy atom. The summed E-state index contributed by atoms with van der Waals surface area (Å²) in [6.45, 7) is 2.26. The molecule has 0 bridgehead atoms. The highest BCUT2D eigenvalue weighted by molar-refractivity contribution is 6.29. The van der Waals surface area contributed by atoms with Crippen molar-refractivity contribution in [2.75, 3.05) is 20.8 Å². The maximum atomic E-state index is 13.0. The van der Waals surface area contributed by atoms with E-state index in [1.54, 1.807) is 36.5 Å². The number of nitrogens with one attached hydrogen (secondary N) is 1. The van der Waals surface area contributed by atoms with Crippen LogP contribution in [0.15, 0.2) is 45.7 Å². The van der Waals surface area contributed by atoms with Crippen molar-refractivity contribution in [2.45, 2.75) is 20.0 Å². The molecule has 0 spiro atoms. The normalized spacial score (nSPS) is 11.0. The zero-order valence-corrected chi connectivity index (χ0v) is 20.0. The quantitative estimate of drug-likeness (QED) is 0.328. The summed E-state index contributed by atoms with van der Waals surface area (Å²) < 4.78 is 22.3. The number of rotatable bonds is 9. The molecule has 4 aromatic rings. The van der Waals surface area contributed by atoms with Crippen LogP contribution in [0.3, 0.4) is 0 Å². The molecule has 0 fully saturated rings.